The van der Waals surface area contributed by atoms with Crippen LogP contribution in [0.25, 0.3) is 10.9 Å². The molecule has 1 amide bonds. The summed E-state index contributed by atoms with van der Waals surface area (Å²) in [4.78, 5) is 23.0. The van der Waals surface area contributed by atoms with E-state index in [0.29, 0.717) is 28.0 Å². The Kier molecular flexibility index (Phi) is 6.65. The molecule has 1 atom stereocenters. The molecule has 1 fully saturated rings. The average Bonchev–Trinajstić information content (AvgIpc) is 3.14. The summed E-state index contributed by atoms with van der Waals surface area (Å²) < 4.78 is 14.5. The number of fused-ring (bicyclic) bond motifs is 1. The van der Waals surface area contributed by atoms with Crippen LogP contribution in [0.2, 0.25) is 5.02 Å². The van der Waals surface area contributed by atoms with Crippen LogP contribution in [0.15, 0.2) is 36.7 Å². The van der Waals surface area contributed by atoms with E-state index in [9.17, 15) is 9.18 Å². The predicted octanol–water partition coefficient (Wildman–Crippen LogP) is 4.71. The zero-order chi connectivity index (χ0) is 24.3. The smallest absolute Gasteiger partial charge is 0.238 e. The Hall–Kier alpha value is -3.72. The first-order chi connectivity index (χ1) is 16.3. The predicted molar refractivity (Wildman–Crippen MR) is 130 cm³/mol. The number of nitriles is 1. The molecule has 0 spiro atoms. The van der Waals surface area contributed by atoms with E-state index in [1.165, 1.54) is 12.4 Å². The molecule has 0 radical (unpaired) electrons. The van der Waals surface area contributed by atoms with Gasteiger partial charge in [-0.05, 0) is 51.2 Å². The van der Waals surface area contributed by atoms with Gasteiger partial charge in [0.1, 0.15) is 18.6 Å². The second-order valence-corrected chi connectivity index (χ2v) is 8.95. The van der Waals surface area contributed by atoms with Crippen molar-refractivity contribution in [2.24, 2.45) is 5.41 Å². The summed E-state index contributed by atoms with van der Waals surface area (Å²) in [6, 6.07) is 9.91. The number of carbonyl (C=O) groups is 1. The largest absolute Gasteiger partial charge is 0.337 e. The minimum atomic E-state index is -0.601. The topological polar surface area (TPSA) is 93.9 Å². The van der Waals surface area contributed by atoms with Gasteiger partial charge < -0.3 is 15.5 Å². The van der Waals surface area contributed by atoms with Gasteiger partial charge in [-0.25, -0.2) is 14.4 Å². The lowest BCUT2D eigenvalue weighted by Gasteiger charge is -2.16. The molecule has 2 heterocycles. The zero-order valence-electron chi connectivity index (χ0n) is 18.7. The van der Waals surface area contributed by atoms with Crippen molar-refractivity contribution < 1.29 is 9.18 Å². The highest BCUT2D eigenvalue weighted by Crippen LogP contribution is 2.32. The molecule has 172 valence electrons. The first kappa shape index (κ1) is 23.4. The first-order valence-electron chi connectivity index (χ1n) is 10.7. The van der Waals surface area contributed by atoms with E-state index in [1.807, 2.05) is 6.07 Å². The van der Waals surface area contributed by atoms with Crippen molar-refractivity contribution >= 4 is 45.6 Å². The van der Waals surface area contributed by atoms with Gasteiger partial charge in [0.05, 0.1) is 33.5 Å². The molecule has 4 rings (SSSR count). The van der Waals surface area contributed by atoms with Gasteiger partial charge >= 0.3 is 0 Å². The summed E-state index contributed by atoms with van der Waals surface area (Å²) in [5.74, 6) is 5.84. The molecule has 2 N–H and O–H groups in total. The summed E-state index contributed by atoms with van der Waals surface area (Å²) in [5.41, 5.74) is 1.56. The summed E-state index contributed by atoms with van der Waals surface area (Å²) in [6.45, 7) is 3.93. The van der Waals surface area contributed by atoms with Gasteiger partial charge in [0, 0.05) is 17.3 Å². The molecule has 0 bridgehead atoms. The number of hydrogen-bond donors (Lipinski definition) is 2. The highest BCUT2D eigenvalue weighted by atomic mass is 35.5. The number of likely N-dealkylation sites (tertiary alicyclic amines) is 1. The number of anilines is 3. The molecule has 2 aromatic carbocycles. The van der Waals surface area contributed by atoms with Crippen LogP contribution in [0.5, 0.6) is 0 Å². The maximum Gasteiger partial charge on any atom is 0.238 e. The summed E-state index contributed by atoms with van der Waals surface area (Å²) in [5, 5.41) is 15.1. The van der Waals surface area contributed by atoms with Crippen LogP contribution >= 0.6 is 11.6 Å². The third-order valence-electron chi connectivity index (χ3n) is 5.66. The molecule has 1 saturated heterocycles. The standard InChI is InChI=1S/C25H22ClFN6O/c1-25(9-11-33(2)14-25)8-6-16-12-21-17(13-20(16)31-22(34)7-10-28)24(30-15-29-21)32-19-5-3-4-18(26)23(19)27/h3-5,12-13,15H,7,9,11,14H2,1-2H3,(H,31,34)(H,29,30,32)/t25-/m0/s1. The Balaban J connectivity index is 1.79. The van der Waals surface area contributed by atoms with Crippen molar-refractivity contribution in [2.75, 3.05) is 30.8 Å². The van der Waals surface area contributed by atoms with E-state index in [4.69, 9.17) is 16.9 Å². The van der Waals surface area contributed by atoms with Crippen LogP contribution in [-0.4, -0.2) is 40.9 Å². The molecule has 3 aromatic rings. The number of rotatable bonds is 4. The molecule has 7 nitrogen and oxygen atoms in total. The van der Waals surface area contributed by atoms with E-state index in [-0.39, 0.29) is 22.5 Å². The summed E-state index contributed by atoms with van der Waals surface area (Å²) in [7, 11) is 2.06. The van der Waals surface area contributed by atoms with Crippen LogP contribution < -0.4 is 10.6 Å². The van der Waals surface area contributed by atoms with Crippen LogP contribution in [0, 0.1) is 34.4 Å². The molecule has 0 saturated carbocycles. The van der Waals surface area contributed by atoms with Gasteiger partial charge in [-0.1, -0.05) is 29.5 Å². The van der Waals surface area contributed by atoms with Gasteiger partial charge in [-0.15, -0.1) is 0 Å². The first-order valence-corrected chi connectivity index (χ1v) is 11.0. The van der Waals surface area contributed by atoms with E-state index in [1.54, 1.807) is 24.3 Å². The van der Waals surface area contributed by atoms with Crippen molar-refractivity contribution in [1.82, 2.24) is 14.9 Å². The molecule has 0 unspecified atom stereocenters. The molecule has 1 aliphatic heterocycles. The van der Waals surface area contributed by atoms with E-state index in [2.05, 4.69) is 51.3 Å². The molecule has 34 heavy (non-hydrogen) atoms. The number of hydrogen-bond acceptors (Lipinski definition) is 6. The number of nitrogens with one attached hydrogen (secondary N) is 2. The van der Waals surface area contributed by atoms with Gasteiger partial charge in [-0.2, -0.15) is 5.26 Å². The van der Waals surface area contributed by atoms with E-state index < -0.39 is 11.7 Å². The van der Waals surface area contributed by atoms with Crippen LogP contribution in [-0.2, 0) is 4.79 Å². The average molecular weight is 477 g/mol. The van der Waals surface area contributed by atoms with Gasteiger partial charge in [0.25, 0.3) is 0 Å². The Morgan fingerprint density at radius 3 is 2.88 bits per heavy atom. The fourth-order valence-electron chi connectivity index (χ4n) is 3.92. The minimum absolute atomic E-state index is 0.0172. The molecule has 9 heteroatoms. The number of aromatic nitrogens is 2. The fourth-order valence-corrected chi connectivity index (χ4v) is 4.09. The van der Waals surface area contributed by atoms with Crippen LogP contribution in [0.3, 0.4) is 0 Å². The normalized spacial score (nSPS) is 17.6. The molecule has 0 aliphatic carbocycles. The Morgan fingerprint density at radius 1 is 1.32 bits per heavy atom. The Labute approximate surface area is 201 Å². The van der Waals surface area contributed by atoms with E-state index in [0.717, 1.165) is 19.5 Å². The minimum Gasteiger partial charge on any atom is -0.337 e. The van der Waals surface area contributed by atoms with Crippen LogP contribution in [0.1, 0.15) is 25.3 Å². The lowest BCUT2D eigenvalue weighted by molar-refractivity contribution is -0.115. The van der Waals surface area contributed by atoms with Crippen molar-refractivity contribution in [1.29, 1.82) is 5.26 Å². The highest BCUT2D eigenvalue weighted by molar-refractivity contribution is 6.31. The molecule has 1 aliphatic rings. The maximum absolute atomic E-state index is 14.5. The highest BCUT2D eigenvalue weighted by Gasteiger charge is 2.30. The number of benzene rings is 2. The summed E-state index contributed by atoms with van der Waals surface area (Å²) in [6.07, 6.45) is 2.02. The number of carbonyl (C=O) groups excluding carboxylic acids is 1. The van der Waals surface area contributed by atoms with Gasteiger partial charge in [-0.3, -0.25) is 4.79 Å². The lowest BCUT2D eigenvalue weighted by atomic mass is 9.90. The third-order valence-corrected chi connectivity index (χ3v) is 5.95. The van der Waals surface area contributed by atoms with Gasteiger partial charge in [0.2, 0.25) is 5.91 Å². The zero-order valence-corrected chi connectivity index (χ0v) is 19.5. The van der Waals surface area contributed by atoms with Crippen molar-refractivity contribution in [3.63, 3.8) is 0 Å². The second-order valence-electron chi connectivity index (χ2n) is 8.55. The third kappa shape index (κ3) is 5.09. The Morgan fingerprint density at radius 2 is 2.15 bits per heavy atom. The monoisotopic (exact) mass is 476 g/mol. The summed E-state index contributed by atoms with van der Waals surface area (Å²) >= 11 is 5.90. The van der Waals surface area contributed by atoms with Crippen molar-refractivity contribution in [3.8, 4) is 17.9 Å². The van der Waals surface area contributed by atoms with Crippen LogP contribution in [0.4, 0.5) is 21.6 Å². The molecular weight excluding hydrogens is 455 g/mol. The molecule has 1 aromatic heterocycles. The SMILES string of the molecule is CN1CC[C@](C)(C#Cc2cc3ncnc(Nc4cccc(Cl)c4F)c3cc2NC(=O)CC#N)C1. The fraction of sp³-hybridized carbons (Fsp3) is 0.280. The van der Waals surface area contributed by atoms with Gasteiger partial charge in [0.15, 0.2) is 5.82 Å². The number of amides is 1. The Bertz CT molecular complexity index is 1380. The quantitative estimate of drug-likeness (QED) is 0.529. The van der Waals surface area contributed by atoms with Crippen molar-refractivity contribution in [2.45, 2.75) is 19.8 Å². The van der Waals surface area contributed by atoms with Crippen molar-refractivity contribution in [3.05, 3.63) is 53.1 Å². The number of nitrogens with zero attached hydrogens (tertiary/aromatic N) is 4. The maximum atomic E-state index is 14.5. The lowest BCUT2D eigenvalue weighted by Crippen LogP contribution is -2.20. The number of halogens is 2. The van der Waals surface area contributed by atoms with E-state index >= 15 is 0 Å². The second kappa shape index (κ2) is 9.64. The molecular formula is C25H22ClFN6O.